The van der Waals surface area contributed by atoms with Crippen molar-refractivity contribution in [1.82, 2.24) is 14.3 Å². The molecule has 2 aromatic rings. The van der Waals surface area contributed by atoms with Crippen molar-refractivity contribution in [3.8, 4) is 22.6 Å². The average molecular weight is 448 g/mol. The average Bonchev–Trinajstić information content (AvgIpc) is 3.09. The number of rotatable bonds is 3. The van der Waals surface area contributed by atoms with E-state index in [1.807, 2.05) is 0 Å². The Labute approximate surface area is 178 Å². The number of pyridine rings is 1. The smallest absolute Gasteiger partial charge is 0.417 e. The fourth-order valence-electron chi connectivity index (χ4n) is 3.15. The van der Waals surface area contributed by atoms with Crippen molar-refractivity contribution < 1.29 is 22.7 Å². The number of ether oxygens (including phenoxy) is 1. The number of alkyl halides is 3. The van der Waals surface area contributed by atoms with Gasteiger partial charge in [0, 0.05) is 18.1 Å². The molecule has 4 rings (SSSR count). The molecule has 6 nitrogen and oxygen atoms in total. The summed E-state index contributed by atoms with van der Waals surface area (Å²) in [5.74, 6) is -0.790. The minimum atomic E-state index is -4.68. The number of aromatic nitrogens is 3. The molecule has 31 heavy (non-hydrogen) atoms. The minimum Gasteiger partial charge on any atom is -0.465 e. The third-order valence-corrected chi connectivity index (χ3v) is 4.96. The van der Waals surface area contributed by atoms with E-state index in [9.17, 15) is 22.8 Å². The van der Waals surface area contributed by atoms with Crippen molar-refractivity contribution >= 4 is 17.6 Å². The number of carbonyl (C=O) groups excluding carboxylic acids is 1. The molecule has 0 aromatic heterocycles. The number of para-hydroxylation sites is 1. The van der Waals surface area contributed by atoms with Crippen LogP contribution in [0, 0.1) is 0 Å². The molecule has 0 bridgehead atoms. The SMILES string of the molecule is COC(=O)c1cn(-c2ccc(Cl)c(C(F)(F)F)c2)cc2c(=O)n(-c3ccccc3)nc1-2. The molecule has 0 amide bonds. The Balaban J connectivity index is 1.99. The number of carbonyl (C=O) groups is 1. The summed E-state index contributed by atoms with van der Waals surface area (Å²) in [4.78, 5) is 25.4. The van der Waals surface area contributed by atoms with E-state index in [-0.39, 0.29) is 22.5 Å². The normalized spacial score (nSPS) is 11.6. The fraction of sp³-hybridized carbons (Fsp3) is 0.0952. The predicted octanol–water partition coefficient (Wildman–Crippen LogP) is 4.59. The highest BCUT2D eigenvalue weighted by Crippen LogP contribution is 2.36. The molecular formula is C21H13ClF3N3O3. The Morgan fingerprint density at radius 2 is 1.77 bits per heavy atom. The molecule has 0 atom stereocenters. The van der Waals surface area contributed by atoms with Crippen LogP contribution in [0.2, 0.25) is 5.02 Å². The molecule has 0 N–H and O–H groups in total. The molecule has 2 aromatic carbocycles. The first-order chi connectivity index (χ1) is 14.7. The molecule has 158 valence electrons. The number of methoxy groups -OCH3 is 1. The molecule has 2 heterocycles. The Hall–Kier alpha value is -3.59. The number of nitrogens with zero attached hydrogens (tertiary/aromatic N) is 3. The zero-order valence-corrected chi connectivity index (χ0v) is 16.6. The van der Waals surface area contributed by atoms with Crippen molar-refractivity contribution in [3.63, 3.8) is 0 Å². The summed E-state index contributed by atoms with van der Waals surface area (Å²) in [5.41, 5.74) is -1.02. The van der Waals surface area contributed by atoms with Gasteiger partial charge in [0.15, 0.2) is 0 Å². The number of fused-ring (bicyclic) bond motifs is 1. The number of hydrogen-bond acceptors (Lipinski definition) is 4. The Morgan fingerprint density at radius 1 is 1.06 bits per heavy atom. The van der Waals surface area contributed by atoms with Gasteiger partial charge >= 0.3 is 12.1 Å². The van der Waals surface area contributed by atoms with Crippen molar-refractivity contribution in [2.24, 2.45) is 0 Å². The van der Waals surface area contributed by atoms with Crippen molar-refractivity contribution in [1.29, 1.82) is 0 Å². The maximum atomic E-state index is 13.3. The van der Waals surface area contributed by atoms with Crippen LogP contribution in [0.1, 0.15) is 15.9 Å². The third kappa shape index (κ3) is 3.68. The molecule has 0 radical (unpaired) electrons. The lowest BCUT2D eigenvalue weighted by Crippen LogP contribution is -2.15. The Morgan fingerprint density at radius 3 is 2.42 bits per heavy atom. The summed E-state index contributed by atoms with van der Waals surface area (Å²) in [6.45, 7) is 0. The summed E-state index contributed by atoms with van der Waals surface area (Å²) >= 11 is 5.70. The van der Waals surface area contributed by atoms with Crippen LogP contribution in [-0.2, 0) is 10.9 Å². The number of benzene rings is 2. The zero-order chi connectivity index (χ0) is 22.3. The van der Waals surface area contributed by atoms with Crippen LogP contribution in [0.5, 0.6) is 0 Å². The molecule has 10 heteroatoms. The highest BCUT2D eigenvalue weighted by atomic mass is 35.5. The maximum absolute atomic E-state index is 13.3. The van der Waals surface area contributed by atoms with Gasteiger partial charge in [-0.25, -0.2) is 4.79 Å². The molecule has 2 aliphatic heterocycles. The van der Waals surface area contributed by atoms with Gasteiger partial charge < -0.3 is 9.30 Å². The van der Waals surface area contributed by atoms with E-state index >= 15 is 0 Å². The highest BCUT2D eigenvalue weighted by Gasteiger charge is 2.34. The second-order valence-corrected chi connectivity index (χ2v) is 6.95. The molecule has 0 saturated heterocycles. The molecule has 0 fully saturated rings. The lowest BCUT2D eigenvalue weighted by Gasteiger charge is -2.15. The van der Waals surface area contributed by atoms with Crippen LogP contribution in [0.4, 0.5) is 13.2 Å². The Bertz CT molecular complexity index is 1310. The van der Waals surface area contributed by atoms with Gasteiger partial charge in [-0.1, -0.05) is 29.8 Å². The maximum Gasteiger partial charge on any atom is 0.417 e. The molecular weight excluding hydrogens is 435 g/mol. The van der Waals surface area contributed by atoms with Gasteiger partial charge in [0.2, 0.25) is 0 Å². The first-order valence-electron chi connectivity index (χ1n) is 8.86. The summed E-state index contributed by atoms with van der Waals surface area (Å²) in [7, 11) is 1.15. The molecule has 0 saturated carbocycles. The van der Waals surface area contributed by atoms with Crippen molar-refractivity contribution in [2.75, 3.05) is 7.11 Å². The largest absolute Gasteiger partial charge is 0.465 e. The van der Waals surface area contributed by atoms with E-state index in [0.717, 1.165) is 23.9 Å². The summed E-state index contributed by atoms with van der Waals surface area (Å²) in [6.07, 6.45) is -2.09. The molecule has 2 aliphatic rings. The van der Waals surface area contributed by atoms with Crippen LogP contribution in [0.25, 0.3) is 22.6 Å². The molecule has 0 unspecified atom stereocenters. The fourth-order valence-corrected chi connectivity index (χ4v) is 3.37. The van der Waals surface area contributed by atoms with Gasteiger partial charge in [-0.2, -0.15) is 23.0 Å². The summed E-state index contributed by atoms with van der Waals surface area (Å²) in [5, 5.41) is 3.78. The van der Waals surface area contributed by atoms with E-state index in [1.54, 1.807) is 30.3 Å². The van der Waals surface area contributed by atoms with Gasteiger partial charge in [-0.15, -0.1) is 0 Å². The van der Waals surface area contributed by atoms with E-state index in [4.69, 9.17) is 16.3 Å². The number of halogens is 4. The first-order valence-corrected chi connectivity index (χ1v) is 9.24. The molecule has 0 spiro atoms. The van der Waals surface area contributed by atoms with Crippen LogP contribution in [-0.4, -0.2) is 27.4 Å². The van der Waals surface area contributed by atoms with Gasteiger partial charge in [0.1, 0.15) is 11.3 Å². The van der Waals surface area contributed by atoms with Gasteiger partial charge in [0.05, 0.1) is 28.9 Å². The lowest BCUT2D eigenvalue weighted by atomic mass is 10.1. The van der Waals surface area contributed by atoms with E-state index in [2.05, 4.69) is 5.10 Å². The first kappa shape index (κ1) is 20.7. The second kappa shape index (κ2) is 7.59. The lowest BCUT2D eigenvalue weighted by molar-refractivity contribution is -0.137. The highest BCUT2D eigenvalue weighted by molar-refractivity contribution is 6.31. The topological polar surface area (TPSA) is 66.1 Å². The van der Waals surface area contributed by atoms with Crippen molar-refractivity contribution in [2.45, 2.75) is 6.18 Å². The van der Waals surface area contributed by atoms with Gasteiger partial charge in [0.25, 0.3) is 5.56 Å². The van der Waals surface area contributed by atoms with Crippen LogP contribution >= 0.6 is 11.6 Å². The summed E-state index contributed by atoms with van der Waals surface area (Å²) < 4.78 is 47.0. The summed E-state index contributed by atoms with van der Waals surface area (Å²) in [6, 6.07) is 11.8. The van der Waals surface area contributed by atoms with Crippen LogP contribution in [0.15, 0.2) is 65.7 Å². The number of esters is 1. The zero-order valence-electron chi connectivity index (χ0n) is 15.9. The van der Waals surface area contributed by atoms with Crippen molar-refractivity contribution in [3.05, 3.63) is 87.4 Å². The quantitative estimate of drug-likeness (QED) is 0.431. The standard InChI is InChI=1S/C21H13ClF3N3O3/c1-31-20(30)15-11-27(13-7-8-17(22)16(9-13)21(23,24)25)10-14-18(15)26-28(19(14)29)12-5-3-2-4-6-12/h2-11H,1H3. The molecule has 0 aliphatic carbocycles. The number of hydrogen-bond donors (Lipinski definition) is 0. The monoisotopic (exact) mass is 447 g/mol. The minimum absolute atomic E-state index is 0.0373. The van der Waals surface area contributed by atoms with Crippen LogP contribution < -0.4 is 5.56 Å². The van der Waals surface area contributed by atoms with E-state index < -0.39 is 28.3 Å². The van der Waals surface area contributed by atoms with E-state index in [0.29, 0.717) is 5.69 Å². The van der Waals surface area contributed by atoms with Crippen LogP contribution in [0.3, 0.4) is 0 Å². The van der Waals surface area contributed by atoms with E-state index in [1.165, 1.54) is 23.0 Å². The van der Waals surface area contributed by atoms with Gasteiger partial charge in [-0.05, 0) is 30.3 Å². The predicted molar refractivity (Wildman–Crippen MR) is 107 cm³/mol. The Kier molecular flexibility index (Phi) is 5.06. The third-order valence-electron chi connectivity index (χ3n) is 4.63. The second-order valence-electron chi connectivity index (χ2n) is 6.55. The van der Waals surface area contributed by atoms with Gasteiger partial charge in [-0.3, -0.25) is 4.79 Å².